The third-order valence-corrected chi connectivity index (χ3v) is 3.53. The maximum atomic E-state index is 3.15. The Morgan fingerprint density at radius 1 is 1.41 bits per heavy atom. The summed E-state index contributed by atoms with van der Waals surface area (Å²) in [4.78, 5) is 2.43. The monoisotopic (exact) mass is 227 g/mol. The van der Waals surface area contributed by atoms with E-state index in [4.69, 9.17) is 0 Å². The van der Waals surface area contributed by atoms with Crippen LogP contribution in [0.1, 0.15) is 36.9 Å². The molecule has 0 bridgehead atoms. The molecule has 1 aromatic rings. The van der Waals surface area contributed by atoms with Crippen LogP contribution in [-0.4, -0.2) is 18.5 Å². The molecule has 0 radical (unpaired) electrons. The lowest BCUT2D eigenvalue weighted by molar-refractivity contribution is 0.243. The van der Waals surface area contributed by atoms with Gasteiger partial charge in [0.1, 0.15) is 0 Å². The highest BCUT2D eigenvalue weighted by molar-refractivity contribution is 5.32. The minimum Gasteiger partial charge on any atom is -0.295 e. The molecule has 0 unspecified atom stereocenters. The van der Waals surface area contributed by atoms with E-state index in [-0.39, 0.29) is 0 Å². The molecule has 0 aliphatic heterocycles. The van der Waals surface area contributed by atoms with E-state index < -0.39 is 0 Å². The van der Waals surface area contributed by atoms with Crippen LogP contribution in [0.2, 0.25) is 0 Å². The highest BCUT2D eigenvalue weighted by atomic mass is 15.1. The van der Waals surface area contributed by atoms with E-state index in [0.717, 1.165) is 6.54 Å². The average molecular weight is 227 g/mol. The fraction of sp³-hybridized carbons (Fsp3) is 0.438. The van der Waals surface area contributed by atoms with Crippen LogP contribution >= 0.6 is 0 Å². The molecule has 0 aromatic heterocycles. The van der Waals surface area contributed by atoms with Crippen LogP contribution in [0, 0.1) is 0 Å². The zero-order valence-corrected chi connectivity index (χ0v) is 10.8. The van der Waals surface area contributed by atoms with Gasteiger partial charge in [-0.3, -0.25) is 4.90 Å². The van der Waals surface area contributed by atoms with Crippen molar-refractivity contribution in [2.24, 2.45) is 0 Å². The lowest BCUT2D eigenvalue weighted by Crippen LogP contribution is -2.27. The van der Waals surface area contributed by atoms with Crippen LogP contribution in [0.15, 0.2) is 42.1 Å². The molecule has 1 aromatic carbocycles. The molecule has 1 atom stereocenters. The zero-order valence-electron chi connectivity index (χ0n) is 10.8. The summed E-state index contributed by atoms with van der Waals surface area (Å²) in [6, 6.07) is 9.45. The van der Waals surface area contributed by atoms with Gasteiger partial charge in [0, 0.05) is 12.6 Å². The molecule has 1 heteroatoms. The summed E-state index contributed by atoms with van der Waals surface area (Å²) >= 11 is 0. The highest BCUT2D eigenvalue weighted by Crippen LogP contribution is 2.33. The lowest BCUT2D eigenvalue weighted by atomic mass is 9.87. The molecular weight excluding hydrogens is 206 g/mol. The molecule has 17 heavy (non-hydrogen) atoms. The molecule has 0 fully saturated rings. The summed E-state index contributed by atoms with van der Waals surface area (Å²) in [5.74, 6) is 0. The molecule has 0 spiro atoms. The summed E-state index contributed by atoms with van der Waals surface area (Å²) in [5.41, 5.74) is 6.21. The minimum atomic E-state index is 0.579. The van der Waals surface area contributed by atoms with E-state index in [1.165, 1.54) is 30.4 Å². The van der Waals surface area contributed by atoms with Crippen LogP contribution in [0.4, 0.5) is 0 Å². The van der Waals surface area contributed by atoms with Crippen molar-refractivity contribution in [2.75, 3.05) is 13.6 Å². The molecule has 0 saturated heterocycles. The first-order valence-electron chi connectivity index (χ1n) is 6.46. The molecule has 2 rings (SSSR count). The van der Waals surface area contributed by atoms with Crippen molar-refractivity contribution in [3.63, 3.8) is 0 Å². The van der Waals surface area contributed by atoms with Gasteiger partial charge in [-0.15, -0.1) is 5.73 Å². The molecule has 90 valence electrons. The van der Waals surface area contributed by atoms with E-state index >= 15 is 0 Å². The van der Waals surface area contributed by atoms with Gasteiger partial charge in [-0.1, -0.05) is 24.3 Å². The highest BCUT2D eigenvalue weighted by Gasteiger charge is 2.22. The zero-order chi connectivity index (χ0) is 12.1. The molecule has 1 aliphatic rings. The van der Waals surface area contributed by atoms with Gasteiger partial charge in [0.2, 0.25) is 0 Å². The third kappa shape index (κ3) is 2.88. The normalized spacial score (nSPS) is 18.4. The molecular formula is C16H21N. The van der Waals surface area contributed by atoms with Gasteiger partial charge in [-0.05, 0) is 56.5 Å². The predicted molar refractivity (Wildman–Crippen MR) is 73.1 cm³/mol. The second-order valence-electron chi connectivity index (χ2n) is 4.71. The Balaban J connectivity index is 2.15. The average Bonchev–Trinajstić information content (AvgIpc) is 2.38. The Hall–Kier alpha value is -1.30. The van der Waals surface area contributed by atoms with Crippen LogP contribution in [0.5, 0.6) is 0 Å². The maximum Gasteiger partial charge on any atom is 0.0351 e. The second-order valence-corrected chi connectivity index (χ2v) is 4.71. The molecule has 1 aliphatic carbocycles. The number of rotatable bonds is 3. The van der Waals surface area contributed by atoms with Crippen molar-refractivity contribution >= 4 is 0 Å². The van der Waals surface area contributed by atoms with E-state index in [9.17, 15) is 0 Å². The summed E-state index contributed by atoms with van der Waals surface area (Å²) in [6.45, 7) is 2.98. The summed E-state index contributed by atoms with van der Waals surface area (Å²) in [7, 11) is 2.21. The van der Waals surface area contributed by atoms with E-state index in [1.54, 1.807) is 0 Å². The van der Waals surface area contributed by atoms with E-state index in [1.807, 2.05) is 13.0 Å². The summed E-state index contributed by atoms with van der Waals surface area (Å²) in [5, 5.41) is 0. The summed E-state index contributed by atoms with van der Waals surface area (Å²) in [6.07, 6.45) is 7.89. The van der Waals surface area contributed by atoms with Gasteiger partial charge < -0.3 is 0 Å². The van der Waals surface area contributed by atoms with Crippen molar-refractivity contribution < 1.29 is 0 Å². The number of likely N-dealkylation sites (N-methyl/N-ethyl adjacent to an activating group) is 1. The van der Waals surface area contributed by atoms with Crippen LogP contribution in [0.3, 0.4) is 0 Å². The quantitative estimate of drug-likeness (QED) is 0.711. The standard InChI is InChI=1S/C16H21N/c1-3-4-7-13-17(2)16-12-8-10-14-9-5-6-11-15(14)16/h3,5-7,9,11,16H,8,10,12-13H2,1-2H3/t4?,16-/m0/s1. The largest absolute Gasteiger partial charge is 0.295 e. The Bertz CT molecular complexity index is 427. The Labute approximate surface area is 104 Å². The lowest BCUT2D eigenvalue weighted by Gasteiger charge is -2.32. The Morgan fingerprint density at radius 3 is 3.06 bits per heavy atom. The van der Waals surface area contributed by atoms with Gasteiger partial charge in [0.05, 0.1) is 0 Å². The van der Waals surface area contributed by atoms with Gasteiger partial charge in [-0.25, -0.2) is 0 Å². The third-order valence-electron chi connectivity index (χ3n) is 3.53. The van der Waals surface area contributed by atoms with E-state index in [0.29, 0.717) is 6.04 Å². The van der Waals surface area contributed by atoms with Crippen molar-refractivity contribution in [1.29, 1.82) is 0 Å². The summed E-state index contributed by atoms with van der Waals surface area (Å²) < 4.78 is 0. The van der Waals surface area contributed by atoms with Gasteiger partial charge >= 0.3 is 0 Å². The molecule has 0 N–H and O–H groups in total. The molecule has 0 heterocycles. The Morgan fingerprint density at radius 2 is 2.24 bits per heavy atom. The molecule has 0 amide bonds. The van der Waals surface area contributed by atoms with Gasteiger partial charge in [0.25, 0.3) is 0 Å². The maximum absolute atomic E-state index is 3.15. The number of fused-ring (bicyclic) bond motifs is 1. The first kappa shape index (κ1) is 12.2. The SMILES string of the molecule is CC=C=CCN(C)[C@H]1CCCc2ccccc21. The topological polar surface area (TPSA) is 3.24 Å². The predicted octanol–water partition coefficient (Wildman–Crippen LogP) is 3.73. The van der Waals surface area contributed by atoms with Crippen LogP contribution in [0.25, 0.3) is 0 Å². The second kappa shape index (κ2) is 5.86. The fourth-order valence-electron chi connectivity index (χ4n) is 2.63. The first-order valence-corrected chi connectivity index (χ1v) is 6.46. The number of benzene rings is 1. The van der Waals surface area contributed by atoms with Crippen molar-refractivity contribution in [2.45, 2.75) is 32.2 Å². The molecule has 0 saturated carbocycles. The van der Waals surface area contributed by atoms with Crippen molar-refractivity contribution in [3.8, 4) is 0 Å². The Kier molecular flexibility index (Phi) is 4.19. The van der Waals surface area contributed by atoms with Gasteiger partial charge in [-0.2, -0.15) is 0 Å². The molecule has 1 nitrogen and oxygen atoms in total. The smallest absolute Gasteiger partial charge is 0.0351 e. The number of hydrogen-bond donors (Lipinski definition) is 0. The van der Waals surface area contributed by atoms with Crippen LogP contribution < -0.4 is 0 Å². The van der Waals surface area contributed by atoms with Crippen LogP contribution in [-0.2, 0) is 6.42 Å². The van der Waals surface area contributed by atoms with Gasteiger partial charge in [0.15, 0.2) is 0 Å². The van der Waals surface area contributed by atoms with Crippen molar-refractivity contribution in [3.05, 3.63) is 53.3 Å². The van der Waals surface area contributed by atoms with Crippen molar-refractivity contribution in [1.82, 2.24) is 4.90 Å². The first-order chi connectivity index (χ1) is 8.33. The fourth-order valence-corrected chi connectivity index (χ4v) is 2.63. The van der Waals surface area contributed by atoms with E-state index in [2.05, 4.69) is 48.0 Å². The number of aryl methyl sites for hydroxylation is 1. The number of nitrogens with zero attached hydrogens (tertiary/aromatic N) is 1. The number of hydrogen-bond acceptors (Lipinski definition) is 1. The minimum absolute atomic E-state index is 0.579.